The standard InChI is InChI=1S/C6H13BrO2S/c1-4-5(2)6(3)10(7,8)9/h5-6H,4H2,1-3H3. The number of hydrogen-bond donors (Lipinski definition) is 0. The van der Waals surface area contributed by atoms with Gasteiger partial charge in [-0.3, -0.25) is 0 Å². The van der Waals surface area contributed by atoms with Gasteiger partial charge >= 0.3 is 0 Å². The second-order valence-electron chi connectivity index (χ2n) is 2.57. The highest BCUT2D eigenvalue weighted by atomic mass is 79.9. The fourth-order valence-electron chi connectivity index (χ4n) is 0.609. The molecule has 0 aliphatic heterocycles. The molecule has 0 saturated carbocycles. The van der Waals surface area contributed by atoms with E-state index in [9.17, 15) is 8.42 Å². The van der Waals surface area contributed by atoms with E-state index in [1.54, 1.807) is 6.92 Å². The summed E-state index contributed by atoms with van der Waals surface area (Å²) in [6, 6.07) is 0. The van der Waals surface area contributed by atoms with Crippen molar-refractivity contribution in [1.29, 1.82) is 0 Å². The first-order chi connectivity index (χ1) is 4.39. The Morgan fingerprint density at radius 1 is 1.40 bits per heavy atom. The largest absolute Gasteiger partial charge is 0.217 e. The molecule has 2 unspecified atom stereocenters. The van der Waals surface area contributed by atoms with Crippen molar-refractivity contribution in [2.75, 3.05) is 0 Å². The predicted octanol–water partition coefficient (Wildman–Crippen LogP) is 2.15. The predicted molar refractivity (Wildman–Crippen MR) is 46.8 cm³/mol. The van der Waals surface area contributed by atoms with Gasteiger partial charge in [0.25, 0.3) is 0 Å². The molecule has 0 fully saturated rings. The smallest absolute Gasteiger partial charge is 0.212 e. The van der Waals surface area contributed by atoms with Crippen LogP contribution in [-0.2, 0) is 8.27 Å². The highest BCUT2D eigenvalue weighted by Gasteiger charge is 2.21. The average Bonchev–Trinajstić information content (AvgIpc) is 1.83. The van der Waals surface area contributed by atoms with Gasteiger partial charge in [0, 0.05) is 0 Å². The van der Waals surface area contributed by atoms with Crippen molar-refractivity contribution in [3.05, 3.63) is 0 Å². The van der Waals surface area contributed by atoms with Gasteiger partial charge in [-0.15, -0.1) is 0 Å². The van der Waals surface area contributed by atoms with Crippen LogP contribution >= 0.6 is 14.8 Å². The van der Waals surface area contributed by atoms with Gasteiger partial charge in [-0.05, 0) is 12.8 Å². The van der Waals surface area contributed by atoms with Gasteiger partial charge in [0.05, 0.1) is 20.1 Å². The number of rotatable bonds is 3. The third-order valence-electron chi connectivity index (χ3n) is 1.89. The number of halogens is 1. The summed E-state index contributed by atoms with van der Waals surface area (Å²) in [4.78, 5) is 0. The van der Waals surface area contributed by atoms with Crippen molar-refractivity contribution in [2.45, 2.75) is 32.4 Å². The van der Waals surface area contributed by atoms with Gasteiger partial charge in [-0.1, -0.05) is 20.3 Å². The van der Waals surface area contributed by atoms with Gasteiger partial charge < -0.3 is 0 Å². The molecular formula is C6H13BrO2S. The van der Waals surface area contributed by atoms with Gasteiger partial charge in [0.1, 0.15) is 0 Å². The summed E-state index contributed by atoms with van der Waals surface area (Å²) in [5.41, 5.74) is 0. The Labute approximate surface area is 70.1 Å². The summed E-state index contributed by atoms with van der Waals surface area (Å²) >= 11 is 2.66. The Morgan fingerprint density at radius 3 is 1.90 bits per heavy atom. The lowest BCUT2D eigenvalue weighted by Crippen LogP contribution is -2.19. The Kier molecular flexibility index (Phi) is 3.88. The van der Waals surface area contributed by atoms with Crippen LogP contribution < -0.4 is 0 Å². The SMILES string of the molecule is CCC(C)C(C)S(=O)(=O)Br. The Balaban J connectivity index is 4.23. The summed E-state index contributed by atoms with van der Waals surface area (Å²) in [6.07, 6.45) is 0.895. The van der Waals surface area contributed by atoms with Crippen LogP contribution in [0.4, 0.5) is 0 Å². The topological polar surface area (TPSA) is 34.1 Å². The van der Waals surface area contributed by atoms with Crippen LogP contribution in [0.15, 0.2) is 0 Å². The second kappa shape index (κ2) is 3.72. The normalized spacial score (nSPS) is 18.4. The first-order valence-electron chi connectivity index (χ1n) is 3.33. The van der Waals surface area contributed by atoms with E-state index < -0.39 is 8.27 Å². The Morgan fingerprint density at radius 2 is 1.80 bits per heavy atom. The molecule has 0 spiro atoms. The maximum atomic E-state index is 10.8. The summed E-state index contributed by atoms with van der Waals surface area (Å²) in [5.74, 6) is 0.226. The molecule has 2 atom stereocenters. The van der Waals surface area contributed by atoms with Crippen LogP contribution in [0, 0.1) is 5.92 Å². The minimum atomic E-state index is -3.00. The molecule has 0 aromatic rings. The van der Waals surface area contributed by atoms with Crippen molar-refractivity contribution in [3.8, 4) is 0 Å². The van der Waals surface area contributed by atoms with Crippen LogP contribution in [0.3, 0.4) is 0 Å². The average molecular weight is 229 g/mol. The molecule has 0 aliphatic carbocycles. The first kappa shape index (κ1) is 10.4. The van der Waals surface area contributed by atoms with E-state index in [1.807, 2.05) is 13.8 Å². The quantitative estimate of drug-likeness (QED) is 0.695. The fraction of sp³-hybridized carbons (Fsp3) is 1.00. The number of hydrogen-bond acceptors (Lipinski definition) is 2. The lowest BCUT2D eigenvalue weighted by molar-refractivity contribution is 0.520. The molecule has 0 aromatic carbocycles. The van der Waals surface area contributed by atoms with Crippen LogP contribution in [-0.4, -0.2) is 13.7 Å². The van der Waals surface area contributed by atoms with E-state index in [-0.39, 0.29) is 11.2 Å². The van der Waals surface area contributed by atoms with E-state index >= 15 is 0 Å². The van der Waals surface area contributed by atoms with Crippen molar-refractivity contribution < 1.29 is 8.42 Å². The van der Waals surface area contributed by atoms with E-state index in [1.165, 1.54) is 0 Å². The molecule has 0 bridgehead atoms. The third-order valence-corrected chi connectivity index (χ3v) is 5.01. The van der Waals surface area contributed by atoms with Crippen LogP contribution in [0.5, 0.6) is 0 Å². The van der Waals surface area contributed by atoms with Crippen molar-refractivity contribution >= 4 is 23.1 Å². The monoisotopic (exact) mass is 228 g/mol. The zero-order valence-corrected chi connectivity index (χ0v) is 8.87. The minimum absolute atomic E-state index is 0.226. The Hall–Kier alpha value is 0.430. The third kappa shape index (κ3) is 3.01. The van der Waals surface area contributed by atoms with E-state index in [0.29, 0.717) is 0 Å². The van der Waals surface area contributed by atoms with Crippen LogP contribution in [0.1, 0.15) is 27.2 Å². The summed E-state index contributed by atoms with van der Waals surface area (Å²) < 4.78 is 21.7. The molecule has 0 aliphatic rings. The highest BCUT2D eigenvalue weighted by Crippen LogP contribution is 2.19. The molecule has 0 heterocycles. The minimum Gasteiger partial charge on any atom is -0.217 e. The molecule has 0 radical (unpaired) electrons. The fourth-order valence-corrected chi connectivity index (χ4v) is 2.46. The molecule has 0 amide bonds. The first-order valence-corrected chi connectivity index (χ1v) is 6.72. The molecule has 2 nitrogen and oxygen atoms in total. The zero-order chi connectivity index (χ0) is 8.36. The molecule has 0 aromatic heterocycles. The Bertz CT molecular complexity index is 186. The van der Waals surface area contributed by atoms with Crippen molar-refractivity contribution in [3.63, 3.8) is 0 Å². The maximum absolute atomic E-state index is 10.8. The van der Waals surface area contributed by atoms with Gasteiger partial charge in [-0.25, -0.2) is 8.42 Å². The lowest BCUT2D eigenvalue weighted by atomic mass is 10.1. The lowest BCUT2D eigenvalue weighted by Gasteiger charge is -2.13. The van der Waals surface area contributed by atoms with E-state index in [4.69, 9.17) is 0 Å². The van der Waals surface area contributed by atoms with Gasteiger partial charge in [0.15, 0.2) is 0 Å². The second-order valence-corrected chi connectivity index (χ2v) is 6.97. The van der Waals surface area contributed by atoms with Crippen LogP contribution in [0.2, 0.25) is 0 Å². The van der Waals surface area contributed by atoms with E-state index in [0.717, 1.165) is 6.42 Å². The zero-order valence-electron chi connectivity index (χ0n) is 6.46. The van der Waals surface area contributed by atoms with Crippen molar-refractivity contribution in [2.24, 2.45) is 5.92 Å². The van der Waals surface area contributed by atoms with Gasteiger partial charge in [0.2, 0.25) is 8.27 Å². The molecule has 0 rings (SSSR count). The van der Waals surface area contributed by atoms with Crippen molar-refractivity contribution in [1.82, 2.24) is 0 Å². The van der Waals surface area contributed by atoms with E-state index in [2.05, 4.69) is 14.8 Å². The van der Waals surface area contributed by atoms with Crippen LogP contribution in [0.25, 0.3) is 0 Å². The molecule has 10 heavy (non-hydrogen) atoms. The maximum Gasteiger partial charge on any atom is 0.212 e. The summed E-state index contributed by atoms with van der Waals surface area (Å²) in [7, 11) is -3.00. The molecule has 62 valence electrons. The molecule has 0 saturated heterocycles. The highest BCUT2D eigenvalue weighted by molar-refractivity contribution is 9.47. The summed E-state index contributed by atoms with van der Waals surface area (Å²) in [5, 5.41) is -0.280. The van der Waals surface area contributed by atoms with Gasteiger partial charge in [-0.2, -0.15) is 0 Å². The summed E-state index contributed by atoms with van der Waals surface area (Å²) in [6.45, 7) is 5.64. The molecule has 0 N–H and O–H groups in total. The molecular weight excluding hydrogens is 216 g/mol. The molecule has 4 heteroatoms.